The molecule has 10 heavy (non-hydrogen) atoms. The Morgan fingerprint density at radius 2 is 1.50 bits per heavy atom. The van der Waals surface area contributed by atoms with Crippen LogP contribution < -0.4 is 0 Å². The van der Waals surface area contributed by atoms with Gasteiger partial charge in [-0.05, 0) is 18.5 Å². The second kappa shape index (κ2) is 6.29. The maximum atomic E-state index is 9.81. The van der Waals surface area contributed by atoms with E-state index >= 15 is 0 Å². The second-order valence-corrected chi connectivity index (χ2v) is 1.92. The molecule has 0 radical (unpaired) electrons. The highest BCUT2D eigenvalue weighted by Crippen LogP contribution is 1.91. The average Bonchev–Trinajstić information content (AvgIpc) is 1.63. The fourth-order valence-electron chi connectivity index (χ4n) is 0. The molecule has 0 amide bonds. The van der Waals surface area contributed by atoms with Crippen LogP contribution in [-0.2, 0) is 9.59 Å². The van der Waals surface area contributed by atoms with Gasteiger partial charge in [-0.2, -0.15) is 0 Å². The third kappa shape index (κ3) is 27.2. The van der Waals surface area contributed by atoms with Gasteiger partial charge in [0, 0.05) is 12.5 Å². The van der Waals surface area contributed by atoms with Crippen molar-refractivity contribution in [1.29, 1.82) is 0 Å². The number of hydrogen-bond acceptors (Lipinski definition) is 2. The summed E-state index contributed by atoms with van der Waals surface area (Å²) < 4.78 is 0. The number of hydrogen-bond donors (Lipinski definition) is 1. The standard InChI is InChI=1S/C4H5ClO.C2H4O2/c1-3(2)4(5)6;1-2(3)4/h1H2,2H3;1H3,(H,3,4). The van der Waals surface area contributed by atoms with Gasteiger partial charge in [0.2, 0.25) is 5.24 Å². The molecule has 0 aliphatic carbocycles. The van der Waals surface area contributed by atoms with Crippen molar-refractivity contribution in [2.75, 3.05) is 0 Å². The van der Waals surface area contributed by atoms with E-state index in [1.807, 2.05) is 0 Å². The number of rotatable bonds is 1. The van der Waals surface area contributed by atoms with Crippen LogP contribution in [0.5, 0.6) is 0 Å². The Labute approximate surface area is 64.3 Å². The van der Waals surface area contributed by atoms with Crippen molar-refractivity contribution in [2.24, 2.45) is 0 Å². The summed E-state index contributed by atoms with van der Waals surface area (Å²) in [6.45, 7) is 5.92. The summed E-state index contributed by atoms with van der Waals surface area (Å²) >= 11 is 4.87. The molecule has 0 spiro atoms. The molecule has 3 nitrogen and oxygen atoms in total. The Kier molecular flexibility index (Phi) is 7.49. The number of carbonyl (C=O) groups is 2. The highest BCUT2D eigenvalue weighted by atomic mass is 35.5. The van der Waals surface area contributed by atoms with Gasteiger partial charge in [-0.3, -0.25) is 9.59 Å². The lowest BCUT2D eigenvalue weighted by molar-refractivity contribution is -0.134. The van der Waals surface area contributed by atoms with Crippen molar-refractivity contribution in [2.45, 2.75) is 13.8 Å². The molecule has 0 aliphatic rings. The molecule has 0 aromatic heterocycles. The van der Waals surface area contributed by atoms with Crippen LogP contribution in [0.3, 0.4) is 0 Å². The van der Waals surface area contributed by atoms with Crippen molar-refractivity contribution in [3.8, 4) is 0 Å². The summed E-state index contributed by atoms with van der Waals surface area (Å²) in [6, 6.07) is 0. The van der Waals surface area contributed by atoms with Crippen LogP contribution >= 0.6 is 11.6 Å². The van der Waals surface area contributed by atoms with Crippen LogP contribution in [-0.4, -0.2) is 16.3 Å². The smallest absolute Gasteiger partial charge is 0.300 e. The van der Waals surface area contributed by atoms with E-state index in [2.05, 4.69) is 6.58 Å². The first-order chi connectivity index (χ1) is 4.37. The Hall–Kier alpha value is -0.830. The van der Waals surface area contributed by atoms with Crippen molar-refractivity contribution in [3.63, 3.8) is 0 Å². The Balaban J connectivity index is 0. The topological polar surface area (TPSA) is 54.4 Å². The molecule has 58 valence electrons. The molecule has 0 bridgehead atoms. The SMILES string of the molecule is C=C(C)C(=O)Cl.CC(=O)O. The molecule has 0 rings (SSSR count). The number of carboxylic acids is 1. The molecular formula is C6H9ClO3. The number of carboxylic acid groups (broad SMARTS) is 1. The number of allylic oxidation sites excluding steroid dienone is 1. The summed E-state index contributed by atoms with van der Waals surface area (Å²) in [5, 5.41) is 6.95. The molecule has 4 heteroatoms. The molecule has 0 saturated heterocycles. The highest BCUT2D eigenvalue weighted by molar-refractivity contribution is 6.67. The number of aliphatic carboxylic acids is 1. The van der Waals surface area contributed by atoms with E-state index in [0.717, 1.165) is 6.92 Å². The quantitative estimate of drug-likeness (QED) is 0.471. The fourth-order valence-corrected chi connectivity index (χ4v) is 0. The van der Waals surface area contributed by atoms with E-state index in [4.69, 9.17) is 21.5 Å². The van der Waals surface area contributed by atoms with E-state index < -0.39 is 11.2 Å². The van der Waals surface area contributed by atoms with E-state index in [-0.39, 0.29) is 0 Å². The first kappa shape index (κ1) is 11.9. The Morgan fingerprint density at radius 3 is 1.50 bits per heavy atom. The summed E-state index contributed by atoms with van der Waals surface area (Å²) in [6.07, 6.45) is 0. The van der Waals surface area contributed by atoms with Crippen LogP contribution in [0.15, 0.2) is 12.2 Å². The second-order valence-electron chi connectivity index (χ2n) is 1.57. The van der Waals surface area contributed by atoms with Gasteiger partial charge in [-0.1, -0.05) is 6.58 Å². The van der Waals surface area contributed by atoms with Crippen LogP contribution in [0.2, 0.25) is 0 Å². The van der Waals surface area contributed by atoms with E-state index in [1.54, 1.807) is 6.92 Å². The molecule has 0 aliphatic heterocycles. The first-order valence-electron chi connectivity index (χ1n) is 2.42. The highest BCUT2D eigenvalue weighted by Gasteiger charge is 1.89. The van der Waals surface area contributed by atoms with Gasteiger partial charge in [0.1, 0.15) is 0 Å². The van der Waals surface area contributed by atoms with Crippen LogP contribution in [0.4, 0.5) is 0 Å². The van der Waals surface area contributed by atoms with Gasteiger partial charge in [-0.25, -0.2) is 0 Å². The van der Waals surface area contributed by atoms with Gasteiger partial charge >= 0.3 is 0 Å². The third-order valence-corrected chi connectivity index (χ3v) is 0.658. The average molecular weight is 165 g/mol. The summed E-state index contributed by atoms with van der Waals surface area (Å²) in [5.41, 5.74) is 0.386. The van der Waals surface area contributed by atoms with Crippen LogP contribution in [0.1, 0.15) is 13.8 Å². The summed E-state index contributed by atoms with van der Waals surface area (Å²) in [4.78, 5) is 18.8. The maximum Gasteiger partial charge on any atom is 0.300 e. The van der Waals surface area contributed by atoms with Gasteiger partial charge in [0.15, 0.2) is 0 Å². The Bertz CT molecular complexity index is 135. The zero-order valence-electron chi connectivity index (χ0n) is 5.85. The van der Waals surface area contributed by atoms with E-state index in [0.29, 0.717) is 5.57 Å². The van der Waals surface area contributed by atoms with Gasteiger partial charge in [-0.15, -0.1) is 0 Å². The van der Waals surface area contributed by atoms with Crippen molar-refractivity contribution < 1.29 is 14.7 Å². The predicted molar refractivity (Wildman–Crippen MR) is 39.0 cm³/mol. The minimum absolute atomic E-state index is 0.386. The van der Waals surface area contributed by atoms with Gasteiger partial charge < -0.3 is 5.11 Å². The molecule has 1 N–H and O–H groups in total. The lowest BCUT2D eigenvalue weighted by atomic mass is 10.4. The molecule has 0 heterocycles. The molecule has 0 aromatic carbocycles. The zero-order valence-corrected chi connectivity index (χ0v) is 6.60. The van der Waals surface area contributed by atoms with Gasteiger partial charge in [0.05, 0.1) is 0 Å². The van der Waals surface area contributed by atoms with Gasteiger partial charge in [0.25, 0.3) is 5.97 Å². The minimum atomic E-state index is -0.833. The number of carbonyl (C=O) groups excluding carboxylic acids is 1. The maximum absolute atomic E-state index is 9.81. The normalized spacial score (nSPS) is 7.10. The fraction of sp³-hybridized carbons (Fsp3) is 0.333. The van der Waals surface area contributed by atoms with Crippen molar-refractivity contribution >= 4 is 22.8 Å². The molecule has 0 saturated carbocycles. The number of halogens is 1. The largest absolute Gasteiger partial charge is 0.481 e. The van der Waals surface area contributed by atoms with Crippen molar-refractivity contribution in [1.82, 2.24) is 0 Å². The summed E-state index contributed by atoms with van der Waals surface area (Å²) in [7, 11) is 0. The van der Waals surface area contributed by atoms with Crippen molar-refractivity contribution in [3.05, 3.63) is 12.2 Å². The molecule has 0 fully saturated rings. The Morgan fingerprint density at radius 1 is 1.40 bits per heavy atom. The monoisotopic (exact) mass is 164 g/mol. The first-order valence-corrected chi connectivity index (χ1v) is 2.80. The lowest BCUT2D eigenvalue weighted by Crippen LogP contribution is -1.81. The van der Waals surface area contributed by atoms with E-state index in [9.17, 15) is 4.79 Å². The molecule has 0 atom stereocenters. The lowest BCUT2D eigenvalue weighted by Gasteiger charge is -1.77. The summed E-state index contributed by atoms with van der Waals surface area (Å²) in [5.74, 6) is -0.833. The predicted octanol–water partition coefficient (Wildman–Crippen LogP) is 1.42. The minimum Gasteiger partial charge on any atom is -0.481 e. The third-order valence-electron chi connectivity index (χ3n) is 0.336. The van der Waals surface area contributed by atoms with E-state index in [1.165, 1.54) is 0 Å². The molecule has 0 unspecified atom stereocenters. The molecule has 0 aromatic rings. The zero-order chi connectivity index (χ0) is 8.73. The van der Waals surface area contributed by atoms with Crippen LogP contribution in [0.25, 0.3) is 0 Å². The molecular weight excluding hydrogens is 156 g/mol. The van der Waals surface area contributed by atoms with Crippen LogP contribution in [0, 0.1) is 0 Å².